The molecule has 2 heterocycles. The smallest absolute Gasteiger partial charge is 0.329 e. The average Bonchev–Trinajstić information content (AvgIpc) is 3.45. The standard InChI is InChI=1S/C31H50N6O7S/c1-6-7-8-9-10-14-22-19-31(22,28(40)41)35-27(39)23-15-13-18-37(23)26(38)20-33-29(42)34-24(30(2,3)4)21-36(5)45(43,44)25-16-11-12-17-32-25/h11-12,16-17,22-24H,6-10,13-15,18-21H2,1-5H3,(H,35,39)(H,40,41)(H2,33,34,42)/t22?,23-,24?,31+/m0/s1. The van der Waals surface area contributed by atoms with Gasteiger partial charge in [0.25, 0.3) is 10.0 Å². The lowest BCUT2D eigenvalue weighted by Crippen LogP contribution is -2.56. The average molecular weight is 651 g/mol. The van der Waals surface area contributed by atoms with Crippen LogP contribution in [0.2, 0.25) is 0 Å². The van der Waals surface area contributed by atoms with E-state index < -0.39 is 56.9 Å². The van der Waals surface area contributed by atoms with E-state index in [4.69, 9.17) is 0 Å². The van der Waals surface area contributed by atoms with E-state index in [1.165, 1.54) is 24.2 Å². The van der Waals surface area contributed by atoms with Gasteiger partial charge in [0.1, 0.15) is 11.6 Å². The lowest BCUT2D eigenvalue weighted by molar-refractivity contribution is -0.145. The highest BCUT2D eigenvalue weighted by atomic mass is 32.2. The summed E-state index contributed by atoms with van der Waals surface area (Å²) >= 11 is 0. The highest BCUT2D eigenvalue weighted by molar-refractivity contribution is 7.89. The number of aromatic nitrogens is 1. The zero-order valence-corrected chi connectivity index (χ0v) is 28.0. The summed E-state index contributed by atoms with van der Waals surface area (Å²) in [6.07, 6.45) is 8.86. The lowest BCUT2D eigenvalue weighted by Gasteiger charge is -2.34. The summed E-state index contributed by atoms with van der Waals surface area (Å²) < 4.78 is 27.1. The quantitative estimate of drug-likeness (QED) is 0.197. The predicted octanol–water partition coefficient (Wildman–Crippen LogP) is 2.73. The Kier molecular flexibility index (Phi) is 12.4. The first-order chi connectivity index (χ1) is 21.1. The van der Waals surface area contributed by atoms with Gasteiger partial charge in [-0.3, -0.25) is 9.59 Å². The topological polar surface area (TPSA) is 178 Å². The second-order valence-electron chi connectivity index (χ2n) is 13.3. The van der Waals surface area contributed by atoms with Crippen molar-refractivity contribution < 1.29 is 32.7 Å². The summed E-state index contributed by atoms with van der Waals surface area (Å²) in [5, 5.41) is 17.9. The van der Waals surface area contributed by atoms with Gasteiger partial charge >= 0.3 is 12.0 Å². The lowest BCUT2D eigenvalue weighted by atomic mass is 9.87. The number of urea groups is 1. The van der Waals surface area contributed by atoms with Crippen molar-refractivity contribution in [2.75, 3.05) is 26.7 Å². The summed E-state index contributed by atoms with van der Waals surface area (Å²) in [6, 6.07) is 2.51. The Bertz CT molecular complexity index is 1300. The molecule has 3 rings (SSSR count). The van der Waals surface area contributed by atoms with Crippen molar-refractivity contribution in [3.05, 3.63) is 24.4 Å². The fraction of sp³-hybridized carbons (Fsp3) is 0.710. The summed E-state index contributed by atoms with van der Waals surface area (Å²) in [5.41, 5.74) is -1.82. The molecule has 1 saturated carbocycles. The van der Waals surface area contributed by atoms with Crippen molar-refractivity contribution in [1.82, 2.24) is 30.1 Å². The molecule has 2 unspecified atom stereocenters. The van der Waals surface area contributed by atoms with Gasteiger partial charge in [0.15, 0.2) is 5.03 Å². The third-order valence-corrected chi connectivity index (χ3v) is 10.6. The normalized spacial score (nSPS) is 22.1. The second kappa shape index (κ2) is 15.4. The maximum absolute atomic E-state index is 13.2. The van der Waals surface area contributed by atoms with Gasteiger partial charge in [0.2, 0.25) is 11.8 Å². The zero-order valence-electron chi connectivity index (χ0n) is 27.2. The molecule has 1 aromatic heterocycles. The number of carboxylic acids is 1. The number of sulfonamides is 1. The highest BCUT2D eigenvalue weighted by Crippen LogP contribution is 2.47. The number of aliphatic carboxylic acids is 1. The first-order valence-electron chi connectivity index (χ1n) is 15.9. The Balaban J connectivity index is 1.54. The van der Waals surface area contributed by atoms with Crippen LogP contribution >= 0.6 is 0 Å². The van der Waals surface area contributed by atoms with Crippen molar-refractivity contribution in [2.45, 2.75) is 108 Å². The Labute approximate surface area is 266 Å². The first-order valence-corrected chi connectivity index (χ1v) is 17.3. The van der Waals surface area contributed by atoms with Crippen LogP contribution < -0.4 is 16.0 Å². The third-order valence-electron chi connectivity index (χ3n) is 8.87. The van der Waals surface area contributed by atoms with Gasteiger partial charge in [0, 0.05) is 32.4 Å². The van der Waals surface area contributed by atoms with Gasteiger partial charge in [-0.25, -0.2) is 23.0 Å². The van der Waals surface area contributed by atoms with Crippen LogP contribution in [-0.2, 0) is 24.4 Å². The van der Waals surface area contributed by atoms with E-state index in [2.05, 4.69) is 27.9 Å². The fourth-order valence-electron chi connectivity index (χ4n) is 5.80. The number of carboxylic acid groups (broad SMARTS) is 1. The Morgan fingerprint density at radius 2 is 1.87 bits per heavy atom. The van der Waals surface area contributed by atoms with E-state index >= 15 is 0 Å². The number of nitrogens with zero attached hydrogens (tertiary/aromatic N) is 3. The van der Waals surface area contributed by atoms with Crippen molar-refractivity contribution in [3.63, 3.8) is 0 Å². The molecule has 2 aliphatic rings. The number of rotatable bonds is 16. The third kappa shape index (κ3) is 9.38. The summed E-state index contributed by atoms with van der Waals surface area (Å²) in [6.45, 7) is 7.62. The number of carbonyl (C=O) groups excluding carboxylic acids is 3. The van der Waals surface area contributed by atoms with Crippen LogP contribution in [0.3, 0.4) is 0 Å². The molecule has 4 atom stereocenters. The molecule has 4 N–H and O–H groups in total. The minimum absolute atomic E-state index is 0.0385. The summed E-state index contributed by atoms with van der Waals surface area (Å²) in [5.74, 6) is -2.11. The number of hydrogen-bond donors (Lipinski definition) is 4. The predicted molar refractivity (Wildman–Crippen MR) is 169 cm³/mol. The van der Waals surface area contributed by atoms with E-state index in [-0.39, 0.29) is 24.0 Å². The van der Waals surface area contributed by atoms with Crippen LogP contribution in [0.5, 0.6) is 0 Å². The molecule has 1 aliphatic heterocycles. The van der Waals surface area contributed by atoms with E-state index in [0.717, 1.165) is 42.8 Å². The van der Waals surface area contributed by atoms with Crippen molar-refractivity contribution in [3.8, 4) is 0 Å². The molecule has 14 heteroatoms. The van der Waals surface area contributed by atoms with Crippen LogP contribution in [0, 0.1) is 11.3 Å². The monoisotopic (exact) mass is 650 g/mol. The number of likely N-dealkylation sites (tertiary alicyclic amines) is 1. The van der Waals surface area contributed by atoms with Gasteiger partial charge in [-0.15, -0.1) is 0 Å². The Morgan fingerprint density at radius 3 is 2.49 bits per heavy atom. The largest absolute Gasteiger partial charge is 0.479 e. The second-order valence-corrected chi connectivity index (χ2v) is 15.3. The highest BCUT2D eigenvalue weighted by Gasteiger charge is 2.61. The van der Waals surface area contributed by atoms with Crippen LogP contribution in [0.25, 0.3) is 0 Å². The number of likely N-dealkylation sites (N-methyl/N-ethyl adjacent to an activating group) is 1. The molecule has 0 spiro atoms. The van der Waals surface area contributed by atoms with Gasteiger partial charge in [-0.1, -0.05) is 65.9 Å². The van der Waals surface area contributed by atoms with E-state index in [1.54, 1.807) is 12.1 Å². The molecule has 2 fully saturated rings. The van der Waals surface area contributed by atoms with Crippen molar-refractivity contribution in [2.24, 2.45) is 11.3 Å². The maximum Gasteiger partial charge on any atom is 0.329 e. The number of amides is 4. The molecule has 0 aromatic carbocycles. The molecule has 1 aromatic rings. The summed E-state index contributed by atoms with van der Waals surface area (Å²) in [4.78, 5) is 56.7. The number of carbonyl (C=O) groups is 4. The molecular weight excluding hydrogens is 600 g/mol. The number of hydrogen-bond acceptors (Lipinski definition) is 7. The van der Waals surface area contributed by atoms with Crippen LogP contribution in [0.1, 0.15) is 85.5 Å². The SMILES string of the molecule is CCCCCCCC1C[C@]1(NC(=O)[C@@H]1CCCN1C(=O)CNC(=O)NC(CN(C)S(=O)(=O)c1ccccn1)C(C)(C)C)C(=O)O. The Morgan fingerprint density at radius 1 is 1.16 bits per heavy atom. The van der Waals surface area contributed by atoms with Crippen molar-refractivity contribution in [1.29, 1.82) is 0 Å². The fourth-order valence-corrected chi connectivity index (χ4v) is 6.91. The van der Waals surface area contributed by atoms with E-state index in [1.807, 2.05) is 20.8 Å². The van der Waals surface area contributed by atoms with E-state index in [0.29, 0.717) is 25.8 Å². The molecule has 45 heavy (non-hydrogen) atoms. The van der Waals surface area contributed by atoms with Crippen LogP contribution in [-0.4, -0.2) is 95.8 Å². The zero-order chi connectivity index (χ0) is 33.4. The van der Waals surface area contributed by atoms with Crippen LogP contribution in [0.15, 0.2) is 29.4 Å². The number of unbranched alkanes of at least 4 members (excludes halogenated alkanes) is 4. The molecular formula is C31H50N6O7S. The number of nitrogens with one attached hydrogen (secondary N) is 3. The number of pyridine rings is 1. The molecule has 252 valence electrons. The molecule has 13 nitrogen and oxygen atoms in total. The van der Waals surface area contributed by atoms with E-state index in [9.17, 15) is 32.7 Å². The Hall–Kier alpha value is -3.26. The van der Waals surface area contributed by atoms with Gasteiger partial charge in [0.05, 0.1) is 6.54 Å². The van der Waals surface area contributed by atoms with Crippen LogP contribution in [0.4, 0.5) is 4.79 Å². The van der Waals surface area contributed by atoms with Crippen molar-refractivity contribution >= 4 is 33.8 Å². The van der Waals surface area contributed by atoms with Gasteiger partial charge in [-0.05, 0) is 49.1 Å². The molecule has 0 radical (unpaired) electrons. The maximum atomic E-state index is 13.2. The molecule has 1 aliphatic carbocycles. The van der Waals surface area contributed by atoms with Gasteiger partial charge in [-0.2, -0.15) is 4.31 Å². The summed E-state index contributed by atoms with van der Waals surface area (Å²) in [7, 11) is -2.48. The minimum atomic E-state index is -3.89. The molecule has 4 amide bonds. The van der Waals surface area contributed by atoms with Gasteiger partial charge < -0.3 is 26.0 Å². The minimum Gasteiger partial charge on any atom is -0.479 e. The molecule has 0 bridgehead atoms. The first kappa shape index (κ1) is 36.2. The molecule has 1 saturated heterocycles.